The largest absolute Gasteiger partial charge is 0.452 e. The van der Waals surface area contributed by atoms with Crippen LogP contribution in [0, 0.1) is 0 Å². The van der Waals surface area contributed by atoms with Crippen LogP contribution in [0.15, 0.2) is 83.8 Å². The molecule has 3 aromatic rings. The van der Waals surface area contributed by atoms with E-state index in [2.05, 4.69) is 10.0 Å². The molecule has 0 spiro atoms. The highest BCUT2D eigenvalue weighted by atomic mass is 32.2. The lowest BCUT2D eigenvalue weighted by Gasteiger charge is -2.09. The average molecular weight is 424 g/mol. The van der Waals surface area contributed by atoms with E-state index in [-0.39, 0.29) is 10.5 Å². The number of anilines is 1. The number of benzene rings is 3. The molecule has 0 heterocycles. The van der Waals surface area contributed by atoms with E-state index in [0.29, 0.717) is 5.69 Å². The van der Waals surface area contributed by atoms with Crippen LogP contribution in [-0.4, -0.2) is 33.9 Å². The number of rotatable bonds is 7. The predicted molar refractivity (Wildman–Crippen MR) is 113 cm³/mol. The van der Waals surface area contributed by atoms with Crippen LogP contribution in [0.25, 0.3) is 11.1 Å². The number of hydrogen-bond donors (Lipinski definition) is 2. The maximum Gasteiger partial charge on any atom is 0.338 e. The van der Waals surface area contributed by atoms with Crippen molar-refractivity contribution in [2.45, 2.75) is 4.90 Å². The molecule has 0 aliphatic carbocycles. The van der Waals surface area contributed by atoms with Gasteiger partial charge in [0.05, 0.1) is 10.5 Å². The molecule has 30 heavy (non-hydrogen) atoms. The number of hydrogen-bond acceptors (Lipinski definition) is 5. The summed E-state index contributed by atoms with van der Waals surface area (Å²) in [6.07, 6.45) is 0. The van der Waals surface area contributed by atoms with Gasteiger partial charge in [-0.15, -0.1) is 0 Å². The fraction of sp³-hybridized carbons (Fsp3) is 0.0909. The highest BCUT2D eigenvalue weighted by Crippen LogP contribution is 2.21. The molecule has 154 valence electrons. The Morgan fingerprint density at radius 2 is 1.53 bits per heavy atom. The van der Waals surface area contributed by atoms with Crippen LogP contribution >= 0.6 is 0 Å². The lowest BCUT2D eigenvalue weighted by Crippen LogP contribution is -2.21. The Morgan fingerprint density at radius 1 is 0.867 bits per heavy atom. The normalized spacial score (nSPS) is 11.0. The summed E-state index contributed by atoms with van der Waals surface area (Å²) in [5.41, 5.74) is 2.67. The van der Waals surface area contributed by atoms with Crippen molar-refractivity contribution in [3.05, 3.63) is 84.4 Å². The molecule has 0 fully saturated rings. The van der Waals surface area contributed by atoms with E-state index in [0.717, 1.165) is 11.1 Å². The topological polar surface area (TPSA) is 102 Å². The fourth-order valence-electron chi connectivity index (χ4n) is 2.70. The second-order valence-electron chi connectivity index (χ2n) is 6.30. The van der Waals surface area contributed by atoms with Crippen LogP contribution in [0.5, 0.6) is 0 Å². The van der Waals surface area contributed by atoms with Crippen LogP contribution in [-0.2, 0) is 19.6 Å². The maximum atomic E-state index is 12.2. The molecule has 3 aromatic carbocycles. The van der Waals surface area contributed by atoms with Gasteiger partial charge in [0.1, 0.15) is 0 Å². The molecule has 7 nitrogen and oxygen atoms in total. The Bertz CT molecular complexity index is 1140. The van der Waals surface area contributed by atoms with Crippen LogP contribution in [0.3, 0.4) is 0 Å². The van der Waals surface area contributed by atoms with Crippen LogP contribution < -0.4 is 10.0 Å². The smallest absolute Gasteiger partial charge is 0.338 e. The lowest BCUT2D eigenvalue weighted by atomic mass is 10.1. The number of sulfonamides is 1. The third-order valence-corrected chi connectivity index (χ3v) is 5.67. The second kappa shape index (κ2) is 9.34. The zero-order valence-corrected chi connectivity index (χ0v) is 17.0. The molecule has 0 radical (unpaired) electrons. The van der Waals surface area contributed by atoms with Crippen LogP contribution in [0.2, 0.25) is 0 Å². The Morgan fingerprint density at radius 3 is 2.20 bits per heavy atom. The summed E-state index contributed by atoms with van der Waals surface area (Å²) in [4.78, 5) is 24.2. The van der Waals surface area contributed by atoms with E-state index >= 15 is 0 Å². The summed E-state index contributed by atoms with van der Waals surface area (Å²) in [7, 11) is -2.41. The third kappa shape index (κ3) is 5.31. The fourth-order valence-corrected chi connectivity index (χ4v) is 3.47. The van der Waals surface area contributed by atoms with Crippen molar-refractivity contribution in [2.24, 2.45) is 0 Å². The first-order chi connectivity index (χ1) is 14.4. The van der Waals surface area contributed by atoms with Gasteiger partial charge in [-0.1, -0.05) is 48.5 Å². The summed E-state index contributed by atoms with van der Waals surface area (Å²) >= 11 is 0. The van der Waals surface area contributed by atoms with Crippen molar-refractivity contribution in [1.82, 2.24) is 4.72 Å². The highest BCUT2D eigenvalue weighted by molar-refractivity contribution is 7.89. The van der Waals surface area contributed by atoms with Gasteiger partial charge in [-0.25, -0.2) is 17.9 Å². The van der Waals surface area contributed by atoms with Crippen molar-refractivity contribution < 1.29 is 22.7 Å². The highest BCUT2D eigenvalue weighted by Gasteiger charge is 2.16. The number of nitrogens with one attached hydrogen (secondary N) is 2. The van der Waals surface area contributed by atoms with Gasteiger partial charge in [0.15, 0.2) is 6.61 Å². The standard InChI is InChI=1S/C22H20N2O5S/c1-23-30(27,28)20-9-5-8-18(14-20)22(26)29-15-21(25)24-19-12-10-17(11-13-19)16-6-3-2-4-7-16/h2-14,23H,15H2,1H3,(H,24,25). The van der Waals surface area contributed by atoms with E-state index in [4.69, 9.17) is 4.74 Å². The van der Waals surface area contributed by atoms with Crippen molar-refractivity contribution in [3.8, 4) is 11.1 Å². The molecular formula is C22H20N2O5S. The second-order valence-corrected chi connectivity index (χ2v) is 8.19. The average Bonchev–Trinajstić information content (AvgIpc) is 2.78. The first kappa shape index (κ1) is 21.2. The van der Waals surface area contributed by atoms with Gasteiger partial charge in [-0.05, 0) is 48.5 Å². The Hall–Kier alpha value is -3.49. The van der Waals surface area contributed by atoms with Crippen LogP contribution in [0.4, 0.5) is 5.69 Å². The molecule has 3 rings (SSSR count). The number of carbonyl (C=O) groups excluding carboxylic acids is 2. The third-order valence-electron chi connectivity index (χ3n) is 4.26. The molecule has 8 heteroatoms. The van der Waals surface area contributed by atoms with Gasteiger partial charge >= 0.3 is 5.97 Å². The summed E-state index contributed by atoms with van der Waals surface area (Å²) < 4.78 is 30.8. The zero-order valence-electron chi connectivity index (χ0n) is 16.2. The predicted octanol–water partition coefficient (Wildman–Crippen LogP) is 3.06. The van der Waals surface area contributed by atoms with Gasteiger partial charge in [0.2, 0.25) is 10.0 Å². The minimum absolute atomic E-state index is 0.0336. The Balaban J connectivity index is 1.57. The molecule has 2 N–H and O–H groups in total. The summed E-state index contributed by atoms with van der Waals surface area (Å²) in [5.74, 6) is -1.30. The quantitative estimate of drug-likeness (QED) is 0.568. The summed E-state index contributed by atoms with van der Waals surface area (Å²) in [6, 6.07) is 22.5. The Kier molecular flexibility index (Phi) is 6.61. The molecule has 0 saturated heterocycles. The number of esters is 1. The van der Waals surface area contributed by atoms with E-state index in [1.807, 2.05) is 42.5 Å². The van der Waals surface area contributed by atoms with Gasteiger partial charge in [-0.2, -0.15) is 0 Å². The van der Waals surface area contributed by atoms with Crippen LogP contribution in [0.1, 0.15) is 10.4 Å². The van der Waals surface area contributed by atoms with Crippen molar-refractivity contribution in [2.75, 3.05) is 19.0 Å². The molecule has 1 amide bonds. The molecule has 0 atom stereocenters. The first-order valence-corrected chi connectivity index (χ1v) is 10.5. The zero-order chi connectivity index (χ0) is 21.6. The molecule has 0 aliphatic rings. The maximum absolute atomic E-state index is 12.2. The van der Waals surface area contributed by atoms with E-state index in [1.165, 1.54) is 31.3 Å². The van der Waals surface area contributed by atoms with E-state index < -0.39 is 28.5 Å². The van der Waals surface area contributed by atoms with Gasteiger partial charge in [-0.3, -0.25) is 4.79 Å². The minimum Gasteiger partial charge on any atom is -0.452 e. The van der Waals surface area contributed by atoms with E-state index in [9.17, 15) is 18.0 Å². The van der Waals surface area contributed by atoms with Gasteiger partial charge in [0, 0.05) is 5.69 Å². The lowest BCUT2D eigenvalue weighted by molar-refractivity contribution is -0.119. The van der Waals surface area contributed by atoms with E-state index in [1.54, 1.807) is 12.1 Å². The molecule has 0 bridgehead atoms. The van der Waals surface area contributed by atoms with Gasteiger partial charge < -0.3 is 10.1 Å². The number of amides is 1. The number of ether oxygens (including phenoxy) is 1. The Labute approximate surface area is 174 Å². The van der Waals surface area contributed by atoms with Crippen molar-refractivity contribution in [3.63, 3.8) is 0 Å². The monoisotopic (exact) mass is 424 g/mol. The summed E-state index contributed by atoms with van der Waals surface area (Å²) in [5, 5.41) is 2.65. The van der Waals surface area contributed by atoms with Crippen molar-refractivity contribution in [1.29, 1.82) is 0 Å². The number of carbonyl (C=O) groups is 2. The minimum atomic E-state index is -3.69. The van der Waals surface area contributed by atoms with Gasteiger partial charge in [0.25, 0.3) is 5.91 Å². The molecule has 0 aliphatic heterocycles. The van der Waals surface area contributed by atoms with Crippen molar-refractivity contribution >= 4 is 27.6 Å². The SMILES string of the molecule is CNS(=O)(=O)c1cccc(C(=O)OCC(=O)Nc2ccc(-c3ccccc3)cc2)c1. The first-order valence-electron chi connectivity index (χ1n) is 9.05. The molecule has 0 saturated carbocycles. The molecule has 0 aromatic heterocycles. The molecule has 0 unspecified atom stereocenters. The molecular weight excluding hydrogens is 404 g/mol. The summed E-state index contributed by atoms with van der Waals surface area (Å²) in [6.45, 7) is -0.498.